The Morgan fingerprint density at radius 2 is 1.77 bits per heavy atom. The van der Waals surface area contributed by atoms with Crippen LogP contribution in [-0.4, -0.2) is 42.2 Å². The van der Waals surface area contributed by atoms with E-state index < -0.39 is 0 Å². The second kappa shape index (κ2) is 8.70. The highest BCUT2D eigenvalue weighted by Crippen LogP contribution is 2.39. The number of fused-ring (bicyclic) bond motifs is 1. The summed E-state index contributed by atoms with van der Waals surface area (Å²) in [6.07, 6.45) is 1.70. The maximum absolute atomic E-state index is 12.6. The predicted molar refractivity (Wildman–Crippen MR) is 113 cm³/mol. The van der Waals surface area contributed by atoms with E-state index in [1.165, 1.54) is 21.3 Å². The van der Waals surface area contributed by atoms with Crippen LogP contribution >= 0.6 is 0 Å². The van der Waals surface area contributed by atoms with E-state index in [4.69, 9.17) is 18.6 Å². The summed E-state index contributed by atoms with van der Waals surface area (Å²) in [4.78, 5) is 25.6. The Morgan fingerprint density at radius 3 is 2.45 bits per heavy atom. The number of oxazole rings is 1. The number of carbonyl (C=O) groups is 1. The third kappa shape index (κ3) is 4.25. The van der Waals surface area contributed by atoms with Crippen LogP contribution in [0.1, 0.15) is 5.69 Å². The Balaban J connectivity index is 1.52. The van der Waals surface area contributed by atoms with E-state index >= 15 is 0 Å². The van der Waals surface area contributed by atoms with Crippen molar-refractivity contribution in [3.63, 3.8) is 0 Å². The van der Waals surface area contributed by atoms with Gasteiger partial charge in [0, 0.05) is 24.0 Å². The lowest BCUT2D eigenvalue weighted by Crippen LogP contribution is -2.15. The highest BCUT2D eigenvalue weighted by Gasteiger charge is 2.16. The van der Waals surface area contributed by atoms with Gasteiger partial charge in [0.1, 0.15) is 5.69 Å². The molecule has 0 saturated heterocycles. The summed E-state index contributed by atoms with van der Waals surface area (Å²) in [5.74, 6) is 1.44. The lowest BCUT2D eigenvalue weighted by atomic mass is 10.2. The van der Waals surface area contributed by atoms with Gasteiger partial charge in [-0.05, 0) is 24.3 Å². The fourth-order valence-electron chi connectivity index (χ4n) is 3.10. The zero-order valence-electron chi connectivity index (χ0n) is 17.2. The normalized spacial score (nSPS) is 10.7. The van der Waals surface area contributed by atoms with Crippen LogP contribution in [-0.2, 0) is 11.2 Å². The third-order valence-corrected chi connectivity index (χ3v) is 4.48. The Bertz CT molecular complexity index is 1180. The van der Waals surface area contributed by atoms with Crippen molar-refractivity contribution in [2.24, 2.45) is 0 Å². The van der Waals surface area contributed by atoms with Crippen molar-refractivity contribution in [2.75, 3.05) is 26.6 Å². The number of anilines is 1. The molecular formula is C22H20N4O5. The van der Waals surface area contributed by atoms with E-state index in [2.05, 4.69) is 20.3 Å². The largest absolute Gasteiger partial charge is 0.493 e. The average molecular weight is 420 g/mol. The highest BCUT2D eigenvalue weighted by atomic mass is 16.5. The summed E-state index contributed by atoms with van der Waals surface area (Å²) in [7, 11) is 4.55. The van der Waals surface area contributed by atoms with Gasteiger partial charge in [-0.3, -0.25) is 4.79 Å². The van der Waals surface area contributed by atoms with Crippen molar-refractivity contribution in [3.05, 3.63) is 54.4 Å². The zero-order chi connectivity index (χ0) is 21.8. The topological polar surface area (TPSA) is 109 Å². The molecule has 0 fully saturated rings. The van der Waals surface area contributed by atoms with Crippen LogP contribution in [0, 0.1) is 0 Å². The van der Waals surface area contributed by atoms with Crippen LogP contribution in [0.15, 0.2) is 53.1 Å². The Kier molecular flexibility index (Phi) is 5.65. The van der Waals surface area contributed by atoms with Gasteiger partial charge in [0.25, 0.3) is 0 Å². The number of ether oxygens (including phenoxy) is 3. The zero-order valence-corrected chi connectivity index (χ0v) is 17.2. The Morgan fingerprint density at radius 1 is 1.00 bits per heavy atom. The fraction of sp³-hybridized carbons (Fsp3) is 0.182. The molecule has 0 aliphatic heterocycles. The lowest BCUT2D eigenvalue weighted by Gasteiger charge is -2.14. The van der Waals surface area contributed by atoms with Crippen molar-refractivity contribution < 1.29 is 23.4 Å². The molecule has 0 saturated carbocycles. The standard InChI is InChI=1S/C22H20N4O5/c1-28-17-10-14(11-18(29-2)20(17)30-3)25-19(27)12-13-6-4-7-15(24-13)22-26-21-16(31-22)8-5-9-23-21/h4-11H,12H2,1-3H3,(H,25,27). The molecule has 1 N–H and O–H groups in total. The molecule has 1 aromatic carbocycles. The predicted octanol–water partition coefficient (Wildman–Crippen LogP) is 3.49. The van der Waals surface area contributed by atoms with Gasteiger partial charge in [0.05, 0.1) is 33.4 Å². The van der Waals surface area contributed by atoms with Crippen LogP contribution in [0.4, 0.5) is 5.69 Å². The van der Waals surface area contributed by atoms with Crippen molar-refractivity contribution in [1.82, 2.24) is 15.0 Å². The van der Waals surface area contributed by atoms with Crippen LogP contribution < -0.4 is 19.5 Å². The van der Waals surface area contributed by atoms with Crippen LogP contribution in [0.2, 0.25) is 0 Å². The number of carbonyl (C=O) groups excluding carboxylic acids is 1. The van der Waals surface area contributed by atoms with Gasteiger partial charge in [0.15, 0.2) is 22.7 Å². The molecule has 1 amide bonds. The van der Waals surface area contributed by atoms with E-state index in [1.54, 1.807) is 48.7 Å². The first-order valence-electron chi connectivity index (χ1n) is 9.39. The third-order valence-electron chi connectivity index (χ3n) is 4.48. The lowest BCUT2D eigenvalue weighted by molar-refractivity contribution is -0.115. The molecule has 0 unspecified atom stereocenters. The number of hydrogen-bond acceptors (Lipinski definition) is 8. The molecule has 31 heavy (non-hydrogen) atoms. The maximum Gasteiger partial charge on any atom is 0.247 e. The minimum absolute atomic E-state index is 0.0585. The number of amides is 1. The molecular weight excluding hydrogens is 400 g/mol. The number of rotatable bonds is 7. The fourth-order valence-corrected chi connectivity index (χ4v) is 3.10. The number of nitrogens with zero attached hydrogens (tertiary/aromatic N) is 3. The minimum atomic E-state index is -0.252. The number of pyridine rings is 2. The smallest absolute Gasteiger partial charge is 0.247 e. The Labute approximate surface area is 178 Å². The van der Waals surface area contributed by atoms with Gasteiger partial charge in [-0.15, -0.1) is 0 Å². The average Bonchev–Trinajstić information content (AvgIpc) is 3.23. The summed E-state index contributed by atoms with van der Waals surface area (Å²) >= 11 is 0. The summed E-state index contributed by atoms with van der Waals surface area (Å²) in [5, 5.41) is 2.83. The molecule has 3 aromatic heterocycles. The van der Waals surface area contributed by atoms with E-state index in [-0.39, 0.29) is 12.3 Å². The molecule has 9 nitrogen and oxygen atoms in total. The van der Waals surface area contributed by atoms with Crippen LogP contribution in [0.25, 0.3) is 22.8 Å². The number of nitrogens with one attached hydrogen (secondary N) is 1. The summed E-state index contributed by atoms with van der Waals surface area (Å²) < 4.78 is 21.6. The van der Waals surface area contributed by atoms with Crippen LogP contribution in [0.5, 0.6) is 17.2 Å². The van der Waals surface area contributed by atoms with Crippen molar-refractivity contribution >= 4 is 22.8 Å². The van der Waals surface area contributed by atoms with E-state index in [0.717, 1.165) is 0 Å². The molecule has 4 rings (SSSR count). The number of hydrogen-bond donors (Lipinski definition) is 1. The van der Waals surface area contributed by atoms with E-state index in [1.807, 2.05) is 0 Å². The first-order chi connectivity index (χ1) is 15.1. The number of aromatic nitrogens is 3. The van der Waals surface area contributed by atoms with E-state index in [0.29, 0.717) is 51.4 Å². The molecule has 3 heterocycles. The number of methoxy groups -OCH3 is 3. The SMILES string of the molecule is COc1cc(NC(=O)Cc2cccc(-c3nc4ncccc4o3)n2)cc(OC)c1OC. The molecule has 0 spiro atoms. The number of benzene rings is 1. The summed E-state index contributed by atoms with van der Waals surface area (Å²) in [6, 6.07) is 12.2. The second-order valence-electron chi connectivity index (χ2n) is 6.50. The molecule has 0 atom stereocenters. The van der Waals surface area contributed by atoms with Crippen molar-refractivity contribution in [1.29, 1.82) is 0 Å². The summed E-state index contributed by atoms with van der Waals surface area (Å²) in [6.45, 7) is 0. The first kappa shape index (κ1) is 20.1. The van der Waals surface area contributed by atoms with Crippen molar-refractivity contribution in [3.8, 4) is 28.8 Å². The first-order valence-corrected chi connectivity index (χ1v) is 9.39. The van der Waals surface area contributed by atoms with Gasteiger partial charge in [-0.1, -0.05) is 6.07 Å². The quantitative estimate of drug-likeness (QED) is 0.484. The van der Waals surface area contributed by atoms with Crippen LogP contribution in [0.3, 0.4) is 0 Å². The van der Waals surface area contributed by atoms with Gasteiger partial charge >= 0.3 is 0 Å². The van der Waals surface area contributed by atoms with Gasteiger partial charge in [0.2, 0.25) is 17.5 Å². The molecule has 0 aliphatic rings. The van der Waals surface area contributed by atoms with Gasteiger partial charge in [-0.2, -0.15) is 4.98 Å². The van der Waals surface area contributed by atoms with Gasteiger partial charge < -0.3 is 23.9 Å². The maximum atomic E-state index is 12.6. The van der Waals surface area contributed by atoms with Crippen molar-refractivity contribution in [2.45, 2.75) is 6.42 Å². The summed E-state index contributed by atoms with van der Waals surface area (Å²) in [5.41, 5.74) is 2.68. The van der Waals surface area contributed by atoms with Gasteiger partial charge in [-0.25, -0.2) is 9.97 Å². The second-order valence-corrected chi connectivity index (χ2v) is 6.50. The Hall–Kier alpha value is -4.14. The molecule has 0 bridgehead atoms. The molecule has 0 aliphatic carbocycles. The molecule has 9 heteroatoms. The molecule has 0 radical (unpaired) electrons. The highest BCUT2D eigenvalue weighted by molar-refractivity contribution is 5.92. The van der Waals surface area contributed by atoms with E-state index in [9.17, 15) is 4.79 Å². The monoisotopic (exact) mass is 420 g/mol. The minimum Gasteiger partial charge on any atom is -0.493 e. The molecule has 158 valence electrons. The molecule has 4 aromatic rings.